The van der Waals surface area contributed by atoms with Crippen molar-refractivity contribution in [3.8, 4) is 0 Å². The van der Waals surface area contributed by atoms with E-state index >= 15 is 0 Å². The second-order valence-corrected chi connectivity index (χ2v) is 9.91. The monoisotopic (exact) mass is 403 g/mol. The van der Waals surface area contributed by atoms with Crippen molar-refractivity contribution < 1.29 is 13.2 Å². The van der Waals surface area contributed by atoms with Crippen molar-refractivity contribution in [1.82, 2.24) is 13.8 Å². The van der Waals surface area contributed by atoms with E-state index < -0.39 is 10.0 Å². The first kappa shape index (κ1) is 19.5. The third-order valence-corrected chi connectivity index (χ3v) is 7.98. The van der Waals surface area contributed by atoms with Crippen LogP contribution in [-0.2, 0) is 14.8 Å². The summed E-state index contributed by atoms with van der Waals surface area (Å²) in [6.45, 7) is 4.79. The fourth-order valence-electron chi connectivity index (χ4n) is 4.39. The van der Waals surface area contributed by atoms with Crippen molar-refractivity contribution in [2.75, 3.05) is 26.2 Å². The molecular formula is C21H29N3O3S. The van der Waals surface area contributed by atoms with E-state index in [1.807, 2.05) is 34.7 Å². The van der Waals surface area contributed by atoms with Gasteiger partial charge >= 0.3 is 0 Å². The minimum Gasteiger partial charge on any atom is -0.341 e. The first-order valence-corrected chi connectivity index (χ1v) is 11.8. The Morgan fingerprint density at radius 2 is 1.57 bits per heavy atom. The zero-order valence-electron chi connectivity index (χ0n) is 16.5. The lowest BCUT2D eigenvalue weighted by Crippen LogP contribution is -2.33. The Morgan fingerprint density at radius 1 is 0.929 bits per heavy atom. The molecule has 4 rings (SSSR count). The Kier molecular flexibility index (Phi) is 5.47. The summed E-state index contributed by atoms with van der Waals surface area (Å²) in [6, 6.07) is 6.90. The van der Waals surface area contributed by atoms with E-state index in [1.54, 1.807) is 16.4 Å². The molecule has 2 fully saturated rings. The maximum absolute atomic E-state index is 13.1. The molecule has 1 atom stereocenters. The van der Waals surface area contributed by atoms with Gasteiger partial charge in [0.15, 0.2) is 0 Å². The molecule has 2 aliphatic heterocycles. The van der Waals surface area contributed by atoms with Gasteiger partial charge in [0.2, 0.25) is 15.9 Å². The summed E-state index contributed by atoms with van der Waals surface area (Å²) in [6.07, 6.45) is 8.08. The molecule has 0 spiro atoms. The maximum Gasteiger partial charge on any atom is 0.245 e. The van der Waals surface area contributed by atoms with Crippen LogP contribution in [0.4, 0.5) is 0 Å². The van der Waals surface area contributed by atoms with Gasteiger partial charge in [-0.25, -0.2) is 8.42 Å². The number of rotatable bonds is 4. The fraction of sp³-hybridized carbons (Fsp3) is 0.571. The molecule has 0 saturated carbocycles. The Hall–Kier alpha value is -1.86. The topological polar surface area (TPSA) is 62.6 Å². The van der Waals surface area contributed by atoms with E-state index in [4.69, 9.17) is 0 Å². The summed E-state index contributed by atoms with van der Waals surface area (Å²) < 4.78 is 29.7. The molecule has 3 heterocycles. The van der Waals surface area contributed by atoms with E-state index in [0.717, 1.165) is 62.5 Å². The number of likely N-dealkylation sites (tertiary alicyclic amines) is 1. The Morgan fingerprint density at radius 3 is 2.25 bits per heavy atom. The summed E-state index contributed by atoms with van der Waals surface area (Å²) in [7, 11) is -3.47. The number of hydrogen-bond acceptors (Lipinski definition) is 3. The van der Waals surface area contributed by atoms with Gasteiger partial charge in [0.05, 0.1) is 4.90 Å². The zero-order chi connectivity index (χ0) is 19.7. The average Bonchev–Trinajstić information content (AvgIpc) is 3.29. The van der Waals surface area contributed by atoms with E-state index in [0.29, 0.717) is 18.0 Å². The van der Waals surface area contributed by atoms with Gasteiger partial charge in [-0.3, -0.25) is 4.79 Å². The average molecular weight is 404 g/mol. The van der Waals surface area contributed by atoms with Crippen LogP contribution in [0.25, 0.3) is 10.9 Å². The van der Waals surface area contributed by atoms with Crippen LogP contribution in [0.1, 0.15) is 51.5 Å². The van der Waals surface area contributed by atoms with Crippen LogP contribution in [0.15, 0.2) is 35.4 Å². The van der Waals surface area contributed by atoms with Crippen LogP contribution in [-0.4, -0.2) is 54.3 Å². The predicted octanol–water partition coefficient (Wildman–Crippen LogP) is 3.39. The molecular weight excluding hydrogens is 374 g/mol. The quantitative estimate of drug-likeness (QED) is 0.786. The number of carbonyl (C=O) groups excluding carboxylic acids is 1. The summed E-state index contributed by atoms with van der Waals surface area (Å²) in [5.41, 5.74) is 0.898. The molecule has 0 radical (unpaired) electrons. The molecule has 1 unspecified atom stereocenters. The van der Waals surface area contributed by atoms with E-state index in [-0.39, 0.29) is 11.9 Å². The van der Waals surface area contributed by atoms with Gasteiger partial charge in [-0.1, -0.05) is 12.8 Å². The Labute approximate surface area is 167 Å². The predicted molar refractivity (Wildman–Crippen MR) is 110 cm³/mol. The van der Waals surface area contributed by atoms with Crippen molar-refractivity contribution in [2.24, 2.45) is 0 Å². The van der Waals surface area contributed by atoms with Crippen LogP contribution < -0.4 is 0 Å². The molecule has 152 valence electrons. The molecule has 1 aromatic heterocycles. The number of hydrogen-bond donors (Lipinski definition) is 0. The highest BCUT2D eigenvalue weighted by atomic mass is 32.2. The largest absolute Gasteiger partial charge is 0.341 e. The summed E-state index contributed by atoms with van der Waals surface area (Å²) in [5.74, 6) is 0.135. The van der Waals surface area contributed by atoms with Crippen molar-refractivity contribution in [3.05, 3.63) is 30.5 Å². The molecule has 28 heavy (non-hydrogen) atoms. The van der Waals surface area contributed by atoms with Crippen LogP contribution in [0.3, 0.4) is 0 Å². The SMILES string of the molecule is CC(C(=O)N1CCCC1)n1ccc2cc(S(=O)(=O)N3CCCCCC3)ccc21. The smallest absolute Gasteiger partial charge is 0.245 e. The van der Waals surface area contributed by atoms with Gasteiger partial charge in [-0.15, -0.1) is 0 Å². The van der Waals surface area contributed by atoms with Crippen LogP contribution in [0.5, 0.6) is 0 Å². The van der Waals surface area contributed by atoms with Crippen molar-refractivity contribution in [2.45, 2.75) is 56.4 Å². The second kappa shape index (κ2) is 7.87. The third-order valence-electron chi connectivity index (χ3n) is 6.09. The van der Waals surface area contributed by atoms with Crippen molar-refractivity contribution >= 4 is 26.8 Å². The minimum absolute atomic E-state index is 0.135. The second-order valence-electron chi connectivity index (χ2n) is 7.97. The molecule has 1 aromatic carbocycles. The molecule has 0 N–H and O–H groups in total. The molecule has 2 aromatic rings. The van der Waals surface area contributed by atoms with E-state index in [2.05, 4.69) is 0 Å². The summed E-state index contributed by atoms with van der Waals surface area (Å²) >= 11 is 0. The molecule has 0 aliphatic carbocycles. The van der Waals surface area contributed by atoms with Gasteiger partial charge in [-0.05, 0) is 56.9 Å². The molecule has 2 aliphatic rings. The highest BCUT2D eigenvalue weighted by Crippen LogP contribution is 2.27. The lowest BCUT2D eigenvalue weighted by Gasteiger charge is -2.22. The van der Waals surface area contributed by atoms with Gasteiger partial charge in [0.25, 0.3) is 0 Å². The molecule has 1 amide bonds. The molecule has 6 nitrogen and oxygen atoms in total. The number of nitrogens with zero attached hydrogens (tertiary/aromatic N) is 3. The van der Waals surface area contributed by atoms with Crippen molar-refractivity contribution in [3.63, 3.8) is 0 Å². The lowest BCUT2D eigenvalue weighted by atomic mass is 10.2. The zero-order valence-corrected chi connectivity index (χ0v) is 17.3. The Balaban J connectivity index is 1.61. The molecule has 7 heteroatoms. The maximum atomic E-state index is 13.1. The fourth-order valence-corrected chi connectivity index (χ4v) is 5.95. The molecule has 2 saturated heterocycles. The molecule has 0 bridgehead atoms. The Bertz CT molecular complexity index is 952. The highest BCUT2D eigenvalue weighted by molar-refractivity contribution is 7.89. The van der Waals surface area contributed by atoms with Crippen LogP contribution >= 0.6 is 0 Å². The number of amides is 1. The number of sulfonamides is 1. The van der Waals surface area contributed by atoms with Gasteiger partial charge in [0, 0.05) is 43.3 Å². The van der Waals surface area contributed by atoms with Crippen LogP contribution in [0, 0.1) is 0 Å². The number of carbonyl (C=O) groups is 1. The summed E-state index contributed by atoms with van der Waals surface area (Å²) in [4.78, 5) is 15.0. The van der Waals surface area contributed by atoms with E-state index in [9.17, 15) is 13.2 Å². The van der Waals surface area contributed by atoms with Gasteiger partial charge < -0.3 is 9.47 Å². The standard InChI is InChI=1S/C21H29N3O3S/c1-17(21(25)22-11-6-7-12-22)24-15-10-18-16-19(8-9-20(18)24)28(26,27)23-13-4-2-3-5-14-23/h8-10,15-17H,2-7,11-14H2,1H3. The first-order valence-electron chi connectivity index (χ1n) is 10.4. The number of aromatic nitrogens is 1. The normalized spacial score (nSPS) is 20.4. The highest BCUT2D eigenvalue weighted by Gasteiger charge is 2.27. The van der Waals surface area contributed by atoms with Crippen molar-refractivity contribution in [1.29, 1.82) is 0 Å². The van der Waals surface area contributed by atoms with Gasteiger partial charge in [-0.2, -0.15) is 4.31 Å². The number of benzene rings is 1. The van der Waals surface area contributed by atoms with E-state index in [1.165, 1.54) is 0 Å². The minimum atomic E-state index is -3.47. The number of fused-ring (bicyclic) bond motifs is 1. The lowest BCUT2D eigenvalue weighted by molar-refractivity contribution is -0.133. The van der Waals surface area contributed by atoms with Crippen LogP contribution in [0.2, 0.25) is 0 Å². The first-order chi connectivity index (χ1) is 13.5. The third kappa shape index (κ3) is 3.57. The summed E-state index contributed by atoms with van der Waals surface area (Å²) in [5, 5.41) is 0.858. The van der Waals surface area contributed by atoms with Gasteiger partial charge in [0.1, 0.15) is 6.04 Å².